The first kappa shape index (κ1) is 6.17. The van der Waals surface area contributed by atoms with Crippen LogP contribution >= 0.6 is 0 Å². The van der Waals surface area contributed by atoms with Crippen LogP contribution in [0.25, 0.3) is 5.65 Å². The molecule has 0 radical (unpaired) electrons. The van der Waals surface area contributed by atoms with Gasteiger partial charge in [-0.05, 0) is 22.6 Å². The Kier molecular flexibility index (Phi) is 1.26. The van der Waals surface area contributed by atoms with Gasteiger partial charge in [-0.3, -0.25) is 0 Å². The number of rotatable bonds is 1. The standard InChI is InChI=1S/C5H6N6/c6-3-4-1-2-5-7-9-10-11(5)8-4/h1-2H,3,6H2. The highest BCUT2D eigenvalue weighted by atomic mass is 15.6. The SMILES string of the molecule is NCc1ccc2nnnn2n1. The second kappa shape index (κ2) is 2.24. The van der Waals surface area contributed by atoms with Crippen molar-refractivity contribution < 1.29 is 0 Å². The maximum absolute atomic E-state index is 5.37. The fourth-order valence-electron chi connectivity index (χ4n) is 0.795. The van der Waals surface area contributed by atoms with Crippen molar-refractivity contribution in [2.75, 3.05) is 0 Å². The summed E-state index contributed by atoms with van der Waals surface area (Å²) in [5.74, 6) is 0. The second-order valence-corrected chi connectivity index (χ2v) is 2.06. The molecule has 2 aromatic heterocycles. The first-order chi connectivity index (χ1) is 5.40. The van der Waals surface area contributed by atoms with Crippen LogP contribution in [-0.4, -0.2) is 25.3 Å². The van der Waals surface area contributed by atoms with Gasteiger partial charge in [-0.15, -0.1) is 9.73 Å². The third-order valence-electron chi connectivity index (χ3n) is 1.33. The Bertz CT molecular complexity index is 366. The molecule has 2 heterocycles. The molecule has 0 saturated carbocycles. The summed E-state index contributed by atoms with van der Waals surface area (Å²) in [6.45, 7) is 0.399. The zero-order valence-electron chi connectivity index (χ0n) is 5.68. The van der Waals surface area contributed by atoms with Crippen molar-refractivity contribution in [1.29, 1.82) is 0 Å². The van der Waals surface area contributed by atoms with Crippen LogP contribution in [0.3, 0.4) is 0 Å². The van der Waals surface area contributed by atoms with Crippen LogP contribution in [-0.2, 0) is 6.54 Å². The van der Waals surface area contributed by atoms with Crippen molar-refractivity contribution >= 4 is 5.65 Å². The quantitative estimate of drug-likeness (QED) is 0.562. The first-order valence-corrected chi connectivity index (χ1v) is 3.14. The van der Waals surface area contributed by atoms with Crippen molar-refractivity contribution in [3.63, 3.8) is 0 Å². The van der Waals surface area contributed by atoms with Gasteiger partial charge in [0.05, 0.1) is 5.69 Å². The largest absolute Gasteiger partial charge is 0.325 e. The fraction of sp³-hybridized carbons (Fsp3) is 0.200. The lowest BCUT2D eigenvalue weighted by Crippen LogP contribution is -2.04. The van der Waals surface area contributed by atoms with Crippen molar-refractivity contribution in [1.82, 2.24) is 25.3 Å². The molecule has 0 bridgehead atoms. The predicted molar refractivity (Wildman–Crippen MR) is 36.5 cm³/mol. The number of nitrogens with zero attached hydrogens (tertiary/aromatic N) is 5. The molecule has 0 saturated heterocycles. The van der Waals surface area contributed by atoms with E-state index in [-0.39, 0.29) is 0 Å². The van der Waals surface area contributed by atoms with Crippen molar-refractivity contribution in [3.8, 4) is 0 Å². The lowest BCUT2D eigenvalue weighted by Gasteiger charge is -1.92. The van der Waals surface area contributed by atoms with Gasteiger partial charge in [0, 0.05) is 6.54 Å². The molecule has 0 aromatic carbocycles. The zero-order valence-corrected chi connectivity index (χ0v) is 5.68. The van der Waals surface area contributed by atoms with E-state index in [1.165, 1.54) is 4.63 Å². The number of hydrogen-bond acceptors (Lipinski definition) is 5. The third-order valence-corrected chi connectivity index (χ3v) is 1.33. The molecular weight excluding hydrogens is 144 g/mol. The highest BCUT2D eigenvalue weighted by Crippen LogP contribution is 1.95. The van der Waals surface area contributed by atoms with E-state index in [4.69, 9.17) is 5.73 Å². The molecule has 0 aliphatic heterocycles. The van der Waals surface area contributed by atoms with E-state index in [1.54, 1.807) is 12.1 Å². The number of fused-ring (bicyclic) bond motifs is 1. The van der Waals surface area contributed by atoms with Crippen molar-refractivity contribution in [3.05, 3.63) is 17.8 Å². The van der Waals surface area contributed by atoms with Crippen LogP contribution in [0, 0.1) is 0 Å². The molecule has 0 fully saturated rings. The van der Waals surface area contributed by atoms with Crippen LogP contribution in [0.15, 0.2) is 12.1 Å². The van der Waals surface area contributed by atoms with E-state index in [2.05, 4.69) is 20.6 Å². The first-order valence-electron chi connectivity index (χ1n) is 3.14. The number of aromatic nitrogens is 5. The Morgan fingerprint density at radius 3 is 3.18 bits per heavy atom. The van der Waals surface area contributed by atoms with E-state index in [0.717, 1.165) is 5.69 Å². The summed E-state index contributed by atoms with van der Waals surface area (Å²) in [5.41, 5.74) is 6.76. The molecule has 0 atom stereocenters. The number of tetrazole rings is 1. The van der Waals surface area contributed by atoms with Gasteiger partial charge >= 0.3 is 0 Å². The number of nitrogens with two attached hydrogens (primary N) is 1. The third kappa shape index (κ3) is 0.926. The summed E-state index contributed by atoms with van der Waals surface area (Å²) in [5, 5.41) is 14.8. The van der Waals surface area contributed by atoms with Gasteiger partial charge in [0.2, 0.25) is 0 Å². The maximum atomic E-state index is 5.37. The maximum Gasteiger partial charge on any atom is 0.199 e. The summed E-state index contributed by atoms with van der Waals surface area (Å²) in [7, 11) is 0. The lowest BCUT2D eigenvalue weighted by atomic mass is 10.4. The highest BCUT2D eigenvalue weighted by molar-refractivity contribution is 5.32. The molecule has 0 aliphatic rings. The van der Waals surface area contributed by atoms with E-state index in [9.17, 15) is 0 Å². The Hall–Kier alpha value is -1.56. The van der Waals surface area contributed by atoms with Crippen LogP contribution in [0.5, 0.6) is 0 Å². The van der Waals surface area contributed by atoms with Crippen molar-refractivity contribution in [2.45, 2.75) is 6.54 Å². The summed E-state index contributed by atoms with van der Waals surface area (Å²) in [6.07, 6.45) is 0. The molecule has 2 rings (SSSR count). The summed E-state index contributed by atoms with van der Waals surface area (Å²) in [4.78, 5) is 0. The molecule has 0 unspecified atom stereocenters. The summed E-state index contributed by atoms with van der Waals surface area (Å²) in [6, 6.07) is 3.57. The molecule has 0 aliphatic carbocycles. The van der Waals surface area contributed by atoms with Crippen molar-refractivity contribution in [2.24, 2.45) is 5.73 Å². The Morgan fingerprint density at radius 1 is 1.45 bits per heavy atom. The van der Waals surface area contributed by atoms with Crippen LogP contribution in [0.1, 0.15) is 5.69 Å². The van der Waals surface area contributed by atoms with Gasteiger partial charge in [-0.2, -0.15) is 5.10 Å². The minimum Gasteiger partial charge on any atom is -0.325 e. The van der Waals surface area contributed by atoms with Crippen LogP contribution in [0.4, 0.5) is 0 Å². The minimum atomic E-state index is 0.399. The second-order valence-electron chi connectivity index (χ2n) is 2.06. The van der Waals surface area contributed by atoms with Gasteiger partial charge in [-0.1, -0.05) is 0 Å². The van der Waals surface area contributed by atoms with E-state index < -0.39 is 0 Å². The molecule has 11 heavy (non-hydrogen) atoms. The van der Waals surface area contributed by atoms with Crippen LogP contribution in [0.2, 0.25) is 0 Å². The van der Waals surface area contributed by atoms with Crippen LogP contribution < -0.4 is 5.73 Å². The Morgan fingerprint density at radius 2 is 2.36 bits per heavy atom. The smallest absolute Gasteiger partial charge is 0.199 e. The number of hydrogen-bond donors (Lipinski definition) is 1. The molecule has 6 heteroatoms. The molecule has 56 valence electrons. The molecule has 2 aromatic rings. The summed E-state index contributed by atoms with van der Waals surface area (Å²) >= 11 is 0. The van der Waals surface area contributed by atoms with E-state index in [1.807, 2.05) is 0 Å². The average molecular weight is 150 g/mol. The van der Waals surface area contributed by atoms with E-state index >= 15 is 0 Å². The van der Waals surface area contributed by atoms with Gasteiger partial charge < -0.3 is 5.73 Å². The van der Waals surface area contributed by atoms with Gasteiger partial charge in [0.25, 0.3) is 0 Å². The summed E-state index contributed by atoms with van der Waals surface area (Å²) < 4.78 is 1.35. The Balaban J connectivity index is 2.67. The van der Waals surface area contributed by atoms with Gasteiger partial charge in [0.15, 0.2) is 5.65 Å². The minimum absolute atomic E-state index is 0.399. The van der Waals surface area contributed by atoms with E-state index in [0.29, 0.717) is 12.2 Å². The van der Waals surface area contributed by atoms with Gasteiger partial charge in [-0.25, -0.2) is 0 Å². The topological polar surface area (TPSA) is 82.0 Å². The lowest BCUT2D eigenvalue weighted by molar-refractivity contribution is 0.709. The molecule has 2 N–H and O–H groups in total. The highest BCUT2D eigenvalue weighted by Gasteiger charge is 1.97. The predicted octanol–water partition coefficient (Wildman–Crippen LogP) is -1.02. The monoisotopic (exact) mass is 150 g/mol. The molecule has 0 amide bonds. The fourth-order valence-corrected chi connectivity index (χ4v) is 0.795. The molecule has 0 spiro atoms. The van der Waals surface area contributed by atoms with Gasteiger partial charge in [0.1, 0.15) is 0 Å². The zero-order chi connectivity index (χ0) is 7.68. The average Bonchev–Trinajstić information content (AvgIpc) is 2.50. The molecular formula is C5H6N6. The molecule has 6 nitrogen and oxygen atoms in total. The Labute approximate surface area is 62.0 Å². The normalized spacial score (nSPS) is 10.6.